The van der Waals surface area contributed by atoms with Gasteiger partial charge in [-0.3, -0.25) is 4.79 Å². The fourth-order valence-electron chi connectivity index (χ4n) is 3.31. The van der Waals surface area contributed by atoms with E-state index in [0.29, 0.717) is 5.91 Å². The third-order valence-electron chi connectivity index (χ3n) is 4.59. The summed E-state index contributed by atoms with van der Waals surface area (Å²) < 4.78 is 0. The second kappa shape index (κ2) is 6.90. The summed E-state index contributed by atoms with van der Waals surface area (Å²) in [5, 5.41) is 3.38. The highest BCUT2D eigenvalue weighted by Crippen LogP contribution is 2.24. The zero-order valence-corrected chi connectivity index (χ0v) is 12.6. The zero-order valence-electron chi connectivity index (χ0n) is 12.6. The molecule has 0 spiro atoms. The number of nitrogens with zero attached hydrogens (tertiary/aromatic N) is 1. The Kier molecular flexibility index (Phi) is 4.71. The molecule has 0 radical (unpaired) electrons. The zero-order chi connectivity index (χ0) is 14.5. The average Bonchev–Trinajstić information content (AvgIpc) is 2.84. The number of carbonyl (C=O) groups is 1. The van der Waals surface area contributed by atoms with E-state index in [1.165, 1.54) is 11.1 Å². The first-order chi connectivity index (χ1) is 10.3. The smallest absolute Gasteiger partial charge is 0.226 e. The van der Waals surface area contributed by atoms with E-state index in [2.05, 4.69) is 35.7 Å². The van der Waals surface area contributed by atoms with Crippen molar-refractivity contribution in [3.8, 4) is 0 Å². The highest BCUT2D eigenvalue weighted by Gasteiger charge is 2.26. The minimum Gasteiger partial charge on any atom is -0.338 e. The van der Waals surface area contributed by atoms with Crippen LogP contribution in [0.2, 0.25) is 0 Å². The van der Waals surface area contributed by atoms with Gasteiger partial charge in [-0.05, 0) is 49.9 Å². The number of hydrogen-bond donors (Lipinski definition) is 1. The number of nitrogens with one attached hydrogen (secondary N) is 1. The molecule has 1 aromatic rings. The largest absolute Gasteiger partial charge is 0.338 e. The molecule has 21 heavy (non-hydrogen) atoms. The van der Waals surface area contributed by atoms with Gasteiger partial charge < -0.3 is 10.2 Å². The van der Waals surface area contributed by atoms with Gasteiger partial charge in [0, 0.05) is 19.0 Å². The molecule has 0 aromatic heterocycles. The van der Waals surface area contributed by atoms with Gasteiger partial charge in [0.2, 0.25) is 5.91 Å². The molecule has 0 saturated carbocycles. The van der Waals surface area contributed by atoms with E-state index in [9.17, 15) is 4.79 Å². The molecule has 2 aliphatic rings. The van der Waals surface area contributed by atoms with Crippen molar-refractivity contribution < 1.29 is 4.79 Å². The van der Waals surface area contributed by atoms with Crippen molar-refractivity contribution in [2.75, 3.05) is 26.2 Å². The molecule has 112 valence electrons. The number of amides is 1. The molecule has 3 nitrogen and oxygen atoms in total. The molecule has 2 aliphatic heterocycles. The lowest BCUT2D eigenvalue weighted by Gasteiger charge is -2.30. The quantitative estimate of drug-likeness (QED) is 0.905. The maximum Gasteiger partial charge on any atom is 0.226 e. The normalized spacial score (nSPS) is 23.3. The van der Waals surface area contributed by atoms with E-state index in [1.807, 2.05) is 11.0 Å². The molecule has 2 heterocycles. The molecule has 1 amide bonds. The van der Waals surface area contributed by atoms with Crippen LogP contribution in [0.1, 0.15) is 31.2 Å². The standard InChI is InChI=1S/C18H24N2O/c21-18(17-7-4-11-19-12-8-17)20-13-9-16(10-14-20)15-5-2-1-3-6-15/h1-3,5-6,9,17,19H,4,7-8,10-14H2/t17-/m1/s1. The first kappa shape index (κ1) is 14.3. The van der Waals surface area contributed by atoms with E-state index >= 15 is 0 Å². The van der Waals surface area contributed by atoms with Crippen molar-refractivity contribution in [3.05, 3.63) is 42.0 Å². The van der Waals surface area contributed by atoms with E-state index in [-0.39, 0.29) is 5.92 Å². The number of benzene rings is 1. The van der Waals surface area contributed by atoms with Crippen LogP contribution in [-0.4, -0.2) is 37.0 Å². The molecule has 0 bridgehead atoms. The van der Waals surface area contributed by atoms with Crippen LogP contribution in [0.15, 0.2) is 36.4 Å². The monoisotopic (exact) mass is 284 g/mol. The Balaban J connectivity index is 1.62. The maximum atomic E-state index is 12.6. The van der Waals surface area contributed by atoms with Gasteiger partial charge in [-0.1, -0.05) is 36.4 Å². The lowest BCUT2D eigenvalue weighted by atomic mass is 9.96. The predicted octanol–water partition coefficient (Wildman–Crippen LogP) is 2.69. The van der Waals surface area contributed by atoms with Gasteiger partial charge in [-0.25, -0.2) is 0 Å². The van der Waals surface area contributed by atoms with Crippen molar-refractivity contribution in [1.29, 1.82) is 0 Å². The first-order valence-corrected chi connectivity index (χ1v) is 8.08. The predicted molar refractivity (Wildman–Crippen MR) is 85.8 cm³/mol. The van der Waals surface area contributed by atoms with Crippen molar-refractivity contribution >= 4 is 11.5 Å². The molecule has 3 rings (SSSR count). The second-order valence-corrected chi connectivity index (χ2v) is 6.01. The van der Waals surface area contributed by atoms with Gasteiger partial charge in [0.15, 0.2) is 0 Å². The summed E-state index contributed by atoms with van der Waals surface area (Å²) in [4.78, 5) is 14.7. The highest BCUT2D eigenvalue weighted by atomic mass is 16.2. The van der Waals surface area contributed by atoms with Gasteiger partial charge in [-0.2, -0.15) is 0 Å². The summed E-state index contributed by atoms with van der Waals surface area (Å²) >= 11 is 0. The number of hydrogen-bond acceptors (Lipinski definition) is 2. The Morgan fingerprint density at radius 1 is 1.14 bits per heavy atom. The Labute approximate surface area is 127 Å². The molecule has 0 aliphatic carbocycles. The van der Waals surface area contributed by atoms with Gasteiger partial charge >= 0.3 is 0 Å². The summed E-state index contributed by atoms with van der Waals surface area (Å²) in [6.07, 6.45) is 6.35. The molecule has 1 fully saturated rings. The fourth-order valence-corrected chi connectivity index (χ4v) is 3.31. The van der Waals surface area contributed by atoms with Crippen LogP contribution < -0.4 is 5.32 Å². The third-order valence-corrected chi connectivity index (χ3v) is 4.59. The van der Waals surface area contributed by atoms with E-state index < -0.39 is 0 Å². The Morgan fingerprint density at radius 2 is 2.00 bits per heavy atom. The lowest BCUT2D eigenvalue weighted by Crippen LogP contribution is -2.39. The van der Waals surface area contributed by atoms with E-state index in [4.69, 9.17) is 0 Å². The van der Waals surface area contributed by atoms with E-state index in [1.54, 1.807) is 0 Å². The van der Waals surface area contributed by atoms with Crippen molar-refractivity contribution in [3.63, 3.8) is 0 Å². The minimum absolute atomic E-state index is 0.228. The molecular weight excluding hydrogens is 260 g/mol. The minimum atomic E-state index is 0.228. The number of carbonyl (C=O) groups excluding carboxylic acids is 1. The first-order valence-electron chi connectivity index (χ1n) is 8.08. The molecule has 1 atom stereocenters. The molecule has 3 heteroatoms. The van der Waals surface area contributed by atoms with Crippen LogP contribution in [0.5, 0.6) is 0 Å². The fraction of sp³-hybridized carbons (Fsp3) is 0.500. The van der Waals surface area contributed by atoms with Crippen LogP contribution in [0.4, 0.5) is 0 Å². The summed E-state index contributed by atoms with van der Waals surface area (Å²) in [6, 6.07) is 10.5. The Bertz CT molecular complexity index is 501. The summed E-state index contributed by atoms with van der Waals surface area (Å²) in [7, 11) is 0. The third kappa shape index (κ3) is 3.53. The second-order valence-electron chi connectivity index (χ2n) is 6.01. The average molecular weight is 284 g/mol. The van der Waals surface area contributed by atoms with Crippen molar-refractivity contribution in [1.82, 2.24) is 10.2 Å². The van der Waals surface area contributed by atoms with Gasteiger partial charge in [0.25, 0.3) is 0 Å². The summed E-state index contributed by atoms with van der Waals surface area (Å²) in [5.74, 6) is 0.591. The van der Waals surface area contributed by atoms with E-state index in [0.717, 1.165) is 51.9 Å². The molecular formula is C18H24N2O. The van der Waals surface area contributed by atoms with Crippen molar-refractivity contribution in [2.45, 2.75) is 25.7 Å². The van der Waals surface area contributed by atoms with Crippen LogP contribution in [-0.2, 0) is 4.79 Å². The van der Waals surface area contributed by atoms with Gasteiger partial charge in [0.05, 0.1) is 0 Å². The Hall–Kier alpha value is -1.61. The highest BCUT2D eigenvalue weighted by molar-refractivity contribution is 5.80. The van der Waals surface area contributed by atoms with Crippen LogP contribution in [0.3, 0.4) is 0 Å². The lowest BCUT2D eigenvalue weighted by molar-refractivity contribution is -0.135. The summed E-state index contributed by atoms with van der Waals surface area (Å²) in [5.41, 5.74) is 2.67. The van der Waals surface area contributed by atoms with Gasteiger partial charge in [0.1, 0.15) is 0 Å². The van der Waals surface area contributed by atoms with Crippen LogP contribution >= 0.6 is 0 Å². The molecule has 0 unspecified atom stereocenters. The molecule has 1 N–H and O–H groups in total. The summed E-state index contributed by atoms with van der Waals surface area (Å²) in [6.45, 7) is 3.67. The SMILES string of the molecule is O=C([C@@H]1CCCNCC1)N1CC=C(c2ccccc2)CC1. The topological polar surface area (TPSA) is 32.3 Å². The Morgan fingerprint density at radius 3 is 2.76 bits per heavy atom. The van der Waals surface area contributed by atoms with Crippen LogP contribution in [0.25, 0.3) is 5.57 Å². The van der Waals surface area contributed by atoms with Crippen LogP contribution in [0, 0.1) is 5.92 Å². The van der Waals surface area contributed by atoms with Gasteiger partial charge in [-0.15, -0.1) is 0 Å². The molecule has 1 aromatic carbocycles. The molecule has 1 saturated heterocycles. The maximum absolute atomic E-state index is 12.6. The number of rotatable bonds is 2. The van der Waals surface area contributed by atoms with Crippen molar-refractivity contribution in [2.24, 2.45) is 5.92 Å².